The molecule has 0 bridgehead atoms. The van der Waals surface area contributed by atoms with Gasteiger partial charge in [0.2, 0.25) is 0 Å². The van der Waals surface area contributed by atoms with Crippen molar-refractivity contribution >= 4 is 0 Å². The Bertz CT molecular complexity index is 397. The first kappa shape index (κ1) is 13.6. The zero-order valence-electron chi connectivity index (χ0n) is 12.3. The van der Waals surface area contributed by atoms with Crippen molar-refractivity contribution in [3.63, 3.8) is 0 Å². The van der Waals surface area contributed by atoms with Gasteiger partial charge in [-0.25, -0.2) is 0 Å². The number of hydrogen-bond donors (Lipinski definition) is 1. The maximum atomic E-state index is 3.51. The molecule has 0 aromatic heterocycles. The molecule has 0 saturated heterocycles. The van der Waals surface area contributed by atoms with Gasteiger partial charge in [-0.2, -0.15) is 0 Å². The van der Waals surface area contributed by atoms with E-state index in [0.29, 0.717) is 12.0 Å². The van der Waals surface area contributed by atoms with Crippen molar-refractivity contribution in [3.05, 3.63) is 34.9 Å². The average molecular weight is 245 g/mol. The summed E-state index contributed by atoms with van der Waals surface area (Å²) in [6.45, 7) is 6.98. The van der Waals surface area contributed by atoms with Crippen LogP contribution < -0.4 is 5.32 Å². The second-order valence-electron chi connectivity index (χ2n) is 5.99. The van der Waals surface area contributed by atoms with Gasteiger partial charge in [0, 0.05) is 6.04 Å². The summed E-state index contributed by atoms with van der Waals surface area (Å²) < 4.78 is 0. The summed E-state index contributed by atoms with van der Waals surface area (Å²) in [5, 5.41) is 3.51. The fourth-order valence-corrected chi connectivity index (χ4v) is 3.03. The summed E-state index contributed by atoms with van der Waals surface area (Å²) >= 11 is 0. The number of benzene rings is 1. The fraction of sp³-hybridized carbons (Fsp3) is 0.647. The highest BCUT2D eigenvalue weighted by Crippen LogP contribution is 2.33. The molecule has 3 atom stereocenters. The lowest BCUT2D eigenvalue weighted by Gasteiger charge is -2.21. The second kappa shape index (κ2) is 5.88. The van der Waals surface area contributed by atoms with E-state index in [9.17, 15) is 0 Å². The van der Waals surface area contributed by atoms with Crippen LogP contribution in [0.3, 0.4) is 0 Å². The van der Waals surface area contributed by atoms with Crippen LogP contribution in [0.5, 0.6) is 0 Å². The van der Waals surface area contributed by atoms with Crippen LogP contribution in [0.1, 0.15) is 68.7 Å². The lowest BCUT2D eigenvalue weighted by Crippen LogP contribution is -2.18. The normalized spacial score (nSPS) is 25.3. The molecular weight excluding hydrogens is 218 g/mol. The Hall–Kier alpha value is -0.820. The Morgan fingerprint density at radius 1 is 1.39 bits per heavy atom. The zero-order valence-corrected chi connectivity index (χ0v) is 12.3. The van der Waals surface area contributed by atoms with E-state index in [2.05, 4.69) is 51.3 Å². The Labute approximate surface area is 112 Å². The van der Waals surface area contributed by atoms with E-state index in [1.165, 1.54) is 31.2 Å². The van der Waals surface area contributed by atoms with Gasteiger partial charge in [-0.05, 0) is 61.3 Å². The maximum Gasteiger partial charge on any atom is 0.0322 e. The number of nitrogens with one attached hydrogen (secondary N) is 1. The van der Waals surface area contributed by atoms with Gasteiger partial charge < -0.3 is 5.32 Å². The first-order valence-electron chi connectivity index (χ1n) is 7.45. The Kier molecular flexibility index (Phi) is 4.45. The molecular formula is C17H27N. The van der Waals surface area contributed by atoms with E-state index in [0.717, 1.165) is 5.92 Å². The number of fused-ring (bicyclic) bond motifs is 1. The molecule has 0 aliphatic heterocycles. The zero-order chi connectivity index (χ0) is 13.1. The molecule has 0 fully saturated rings. The first-order chi connectivity index (χ1) is 8.65. The van der Waals surface area contributed by atoms with Gasteiger partial charge in [0.25, 0.3) is 0 Å². The van der Waals surface area contributed by atoms with Gasteiger partial charge in [-0.1, -0.05) is 39.0 Å². The van der Waals surface area contributed by atoms with Crippen LogP contribution in [0.2, 0.25) is 0 Å². The molecule has 0 amide bonds. The largest absolute Gasteiger partial charge is 0.313 e. The van der Waals surface area contributed by atoms with Crippen molar-refractivity contribution < 1.29 is 0 Å². The molecule has 3 unspecified atom stereocenters. The molecule has 18 heavy (non-hydrogen) atoms. The average Bonchev–Trinajstić information content (AvgIpc) is 2.56. The van der Waals surface area contributed by atoms with Crippen LogP contribution in [0.4, 0.5) is 0 Å². The van der Waals surface area contributed by atoms with Gasteiger partial charge in [0.15, 0.2) is 0 Å². The van der Waals surface area contributed by atoms with Crippen molar-refractivity contribution in [2.24, 2.45) is 5.92 Å². The highest BCUT2D eigenvalue weighted by atomic mass is 14.9. The third-order valence-corrected chi connectivity index (χ3v) is 4.62. The molecule has 0 heterocycles. The number of rotatable bonds is 3. The molecule has 1 aliphatic carbocycles. The van der Waals surface area contributed by atoms with Crippen LogP contribution in [-0.4, -0.2) is 7.05 Å². The molecule has 100 valence electrons. The van der Waals surface area contributed by atoms with Crippen molar-refractivity contribution in [2.75, 3.05) is 7.05 Å². The Morgan fingerprint density at radius 3 is 2.83 bits per heavy atom. The highest BCUT2D eigenvalue weighted by Gasteiger charge is 2.21. The third-order valence-electron chi connectivity index (χ3n) is 4.62. The molecule has 1 nitrogen and oxygen atoms in total. The molecule has 1 aromatic carbocycles. The predicted octanol–water partition coefficient (Wildman–Crippen LogP) is 4.43. The summed E-state index contributed by atoms with van der Waals surface area (Å²) in [5.41, 5.74) is 4.62. The van der Waals surface area contributed by atoms with Crippen molar-refractivity contribution in [3.8, 4) is 0 Å². The molecule has 1 aliphatic rings. The van der Waals surface area contributed by atoms with Crippen LogP contribution in [0.15, 0.2) is 18.2 Å². The van der Waals surface area contributed by atoms with E-state index in [4.69, 9.17) is 0 Å². The Balaban J connectivity index is 2.36. The van der Waals surface area contributed by atoms with Gasteiger partial charge >= 0.3 is 0 Å². The van der Waals surface area contributed by atoms with Crippen molar-refractivity contribution in [1.29, 1.82) is 0 Å². The minimum atomic E-state index is 0.543. The summed E-state index contributed by atoms with van der Waals surface area (Å²) in [6.07, 6.45) is 5.07. The van der Waals surface area contributed by atoms with Crippen LogP contribution in [0.25, 0.3) is 0 Å². The lowest BCUT2D eigenvalue weighted by atomic mass is 9.91. The molecule has 2 rings (SSSR count). The van der Waals surface area contributed by atoms with Crippen molar-refractivity contribution in [1.82, 2.24) is 5.32 Å². The van der Waals surface area contributed by atoms with Gasteiger partial charge in [0.1, 0.15) is 0 Å². The highest BCUT2D eigenvalue weighted by molar-refractivity contribution is 5.37. The SMILES string of the molecule is CCC(C)c1ccc2c(c1)C(NC)CC(C)CC2. The molecule has 0 saturated carbocycles. The molecule has 1 heteroatoms. The second-order valence-corrected chi connectivity index (χ2v) is 5.99. The number of hydrogen-bond acceptors (Lipinski definition) is 1. The molecule has 0 spiro atoms. The molecule has 1 aromatic rings. The summed E-state index contributed by atoms with van der Waals surface area (Å²) in [4.78, 5) is 0. The van der Waals surface area contributed by atoms with Crippen LogP contribution >= 0.6 is 0 Å². The monoisotopic (exact) mass is 245 g/mol. The maximum absolute atomic E-state index is 3.51. The molecule has 1 N–H and O–H groups in total. The van der Waals surface area contributed by atoms with E-state index in [1.807, 2.05) is 0 Å². The smallest absolute Gasteiger partial charge is 0.0322 e. The quantitative estimate of drug-likeness (QED) is 0.777. The predicted molar refractivity (Wildman–Crippen MR) is 79.1 cm³/mol. The van der Waals surface area contributed by atoms with E-state index >= 15 is 0 Å². The van der Waals surface area contributed by atoms with Gasteiger partial charge in [-0.15, -0.1) is 0 Å². The first-order valence-corrected chi connectivity index (χ1v) is 7.45. The minimum Gasteiger partial charge on any atom is -0.313 e. The lowest BCUT2D eigenvalue weighted by molar-refractivity contribution is 0.427. The van der Waals surface area contributed by atoms with Crippen LogP contribution in [0, 0.1) is 5.92 Å². The third kappa shape index (κ3) is 2.77. The van der Waals surface area contributed by atoms with Gasteiger partial charge in [-0.3, -0.25) is 0 Å². The standard InChI is InChI=1S/C17H27N/c1-5-13(3)15-9-8-14-7-6-12(2)10-17(18-4)16(14)11-15/h8-9,11-13,17-18H,5-7,10H2,1-4H3. The minimum absolute atomic E-state index is 0.543. The topological polar surface area (TPSA) is 12.0 Å². The van der Waals surface area contributed by atoms with Gasteiger partial charge in [0.05, 0.1) is 0 Å². The molecule has 0 radical (unpaired) electrons. The van der Waals surface area contributed by atoms with Crippen LogP contribution in [-0.2, 0) is 6.42 Å². The van der Waals surface area contributed by atoms with E-state index in [1.54, 1.807) is 11.1 Å². The Morgan fingerprint density at radius 2 is 2.17 bits per heavy atom. The van der Waals surface area contributed by atoms with E-state index < -0.39 is 0 Å². The summed E-state index contributed by atoms with van der Waals surface area (Å²) in [5.74, 6) is 1.50. The fourth-order valence-electron chi connectivity index (χ4n) is 3.03. The van der Waals surface area contributed by atoms with Crippen molar-refractivity contribution in [2.45, 2.75) is 58.4 Å². The number of aryl methyl sites for hydroxylation is 1. The summed E-state index contributed by atoms with van der Waals surface area (Å²) in [7, 11) is 2.10. The van der Waals surface area contributed by atoms with E-state index in [-0.39, 0.29) is 0 Å². The summed E-state index contributed by atoms with van der Waals surface area (Å²) in [6, 6.07) is 7.72.